The van der Waals surface area contributed by atoms with Crippen LogP contribution in [-0.4, -0.2) is 23.5 Å². The Morgan fingerprint density at radius 1 is 1.36 bits per heavy atom. The van der Waals surface area contributed by atoms with Gasteiger partial charge in [-0.2, -0.15) is 0 Å². The molecule has 1 N–H and O–H groups in total. The summed E-state index contributed by atoms with van der Waals surface area (Å²) in [5.74, 6) is -1.10. The summed E-state index contributed by atoms with van der Waals surface area (Å²) in [6.07, 6.45) is 2.11. The normalized spacial score (nSPS) is 14.3. The number of furan rings is 1. The zero-order valence-electron chi connectivity index (χ0n) is 12.4. The van der Waals surface area contributed by atoms with Crippen LogP contribution in [0, 0.1) is 6.92 Å². The van der Waals surface area contributed by atoms with Gasteiger partial charge in [0.25, 0.3) is 0 Å². The number of fused-ring (bicyclic) bond motifs is 1. The van der Waals surface area contributed by atoms with Crippen LogP contribution in [0.3, 0.4) is 0 Å². The van der Waals surface area contributed by atoms with Crippen LogP contribution in [0.25, 0.3) is 0 Å². The molecule has 0 aliphatic carbocycles. The van der Waals surface area contributed by atoms with Gasteiger partial charge in [0.2, 0.25) is 5.78 Å². The molecule has 1 atom stereocenters. The fraction of sp³-hybridized carbons (Fsp3) is 0.294. The summed E-state index contributed by atoms with van der Waals surface area (Å²) in [7, 11) is 0. The minimum atomic E-state index is -0.918. The quantitative estimate of drug-likeness (QED) is 0.878. The average Bonchev–Trinajstić information content (AvgIpc) is 3.16. The van der Waals surface area contributed by atoms with Crippen LogP contribution >= 0.6 is 0 Å². The van der Waals surface area contributed by atoms with E-state index in [4.69, 9.17) is 9.15 Å². The van der Waals surface area contributed by atoms with Crippen molar-refractivity contribution < 1.29 is 23.8 Å². The molecule has 0 bridgehead atoms. The standard InChI is InChI=1S/C17H16O5/c1-9-12(10(2)17(19)20)8-11-5-7-22-16(11)14(9)15(18)13-4-3-6-21-13/h3-4,6,8,10H,5,7H2,1-2H3,(H,19,20). The molecular formula is C17H16O5. The van der Waals surface area contributed by atoms with Crippen molar-refractivity contribution in [2.24, 2.45) is 0 Å². The second-order valence-electron chi connectivity index (χ2n) is 5.42. The second kappa shape index (κ2) is 5.33. The molecule has 2 aromatic rings. The minimum absolute atomic E-state index is 0.223. The van der Waals surface area contributed by atoms with Crippen molar-refractivity contribution in [2.45, 2.75) is 26.2 Å². The summed E-state index contributed by atoms with van der Waals surface area (Å²) < 4.78 is 10.8. The maximum atomic E-state index is 12.7. The number of benzene rings is 1. The van der Waals surface area contributed by atoms with E-state index < -0.39 is 11.9 Å². The van der Waals surface area contributed by atoms with Crippen LogP contribution in [0.5, 0.6) is 5.75 Å². The van der Waals surface area contributed by atoms with Crippen molar-refractivity contribution in [3.63, 3.8) is 0 Å². The average molecular weight is 300 g/mol. The number of ether oxygens (including phenoxy) is 1. The number of hydrogen-bond acceptors (Lipinski definition) is 4. The molecule has 22 heavy (non-hydrogen) atoms. The van der Waals surface area contributed by atoms with E-state index in [0.717, 1.165) is 5.56 Å². The third-order valence-electron chi connectivity index (χ3n) is 4.08. The van der Waals surface area contributed by atoms with Gasteiger partial charge in [0.15, 0.2) is 5.76 Å². The van der Waals surface area contributed by atoms with Gasteiger partial charge in [-0.3, -0.25) is 9.59 Å². The summed E-state index contributed by atoms with van der Waals surface area (Å²) in [5.41, 5.74) is 2.57. The number of carbonyl (C=O) groups excluding carboxylic acids is 1. The zero-order valence-corrected chi connectivity index (χ0v) is 12.4. The van der Waals surface area contributed by atoms with Crippen LogP contribution in [0.15, 0.2) is 28.9 Å². The molecule has 0 spiro atoms. The highest BCUT2D eigenvalue weighted by Gasteiger charge is 2.30. The number of carbonyl (C=O) groups is 2. The lowest BCUT2D eigenvalue weighted by molar-refractivity contribution is -0.138. The van der Waals surface area contributed by atoms with Gasteiger partial charge in [0.1, 0.15) is 5.75 Å². The van der Waals surface area contributed by atoms with Crippen LogP contribution in [0.2, 0.25) is 0 Å². The summed E-state index contributed by atoms with van der Waals surface area (Å²) in [4.78, 5) is 24.0. The number of hydrogen-bond donors (Lipinski definition) is 1. The highest BCUT2D eigenvalue weighted by Crippen LogP contribution is 2.38. The van der Waals surface area contributed by atoms with E-state index in [9.17, 15) is 14.7 Å². The molecule has 0 saturated carbocycles. The fourth-order valence-corrected chi connectivity index (χ4v) is 2.84. The van der Waals surface area contributed by atoms with Crippen molar-refractivity contribution in [1.82, 2.24) is 0 Å². The first kappa shape index (κ1) is 14.4. The van der Waals surface area contributed by atoms with E-state index in [1.165, 1.54) is 6.26 Å². The van der Waals surface area contributed by atoms with Gasteiger partial charge in [0, 0.05) is 6.42 Å². The molecule has 1 aromatic heterocycles. The van der Waals surface area contributed by atoms with Crippen LogP contribution in [0.4, 0.5) is 0 Å². The number of rotatable bonds is 4. The molecular weight excluding hydrogens is 284 g/mol. The van der Waals surface area contributed by atoms with Gasteiger partial charge in [-0.15, -0.1) is 0 Å². The molecule has 2 heterocycles. The predicted octanol–water partition coefficient (Wildman–Crippen LogP) is 2.94. The third kappa shape index (κ3) is 2.19. The van der Waals surface area contributed by atoms with Crippen LogP contribution < -0.4 is 4.74 Å². The molecule has 0 radical (unpaired) electrons. The molecule has 5 heteroatoms. The Labute approximate surface area is 127 Å². The monoisotopic (exact) mass is 300 g/mol. The number of aliphatic carboxylic acids is 1. The maximum absolute atomic E-state index is 12.7. The van der Waals surface area contributed by atoms with Gasteiger partial charge >= 0.3 is 5.97 Å². The van der Waals surface area contributed by atoms with E-state index in [1.54, 1.807) is 26.0 Å². The van der Waals surface area contributed by atoms with Crippen LogP contribution in [0.1, 0.15) is 45.7 Å². The number of carboxylic acids is 1. The van der Waals surface area contributed by atoms with E-state index >= 15 is 0 Å². The SMILES string of the molecule is Cc1c(C(C)C(=O)O)cc2c(c1C(=O)c1ccco1)OCC2. The van der Waals surface area contributed by atoms with Crippen molar-refractivity contribution >= 4 is 11.8 Å². The molecule has 5 nitrogen and oxygen atoms in total. The van der Waals surface area contributed by atoms with E-state index in [2.05, 4.69) is 0 Å². The van der Waals surface area contributed by atoms with Gasteiger partial charge in [0.05, 0.1) is 24.4 Å². The van der Waals surface area contributed by atoms with E-state index in [0.29, 0.717) is 35.5 Å². The lowest BCUT2D eigenvalue weighted by Gasteiger charge is -2.17. The first-order valence-electron chi connectivity index (χ1n) is 7.11. The summed E-state index contributed by atoms with van der Waals surface area (Å²) in [6.45, 7) is 3.87. The Bertz CT molecular complexity index is 743. The predicted molar refractivity (Wildman–Crippen MR) is 78.6 cm³/mol. The van der Waals surface area contributed by atoms with Crippen molar-refractivity contribution in [1.29, 1.82) is 0 Å². The van der Waals surface area contributed by atoms with Gasteiger partial charge < -0.3 is 14.3 Å². The summed E-state index contributed by atoms with van der Waals surface area (Å²) in [5, 5.41) is 9.29. The Balaban J connectivity index is 2.20. The summed E-state index contributed by atoms with van der Waals surface area (Å²) in [6, 6.07) is 5.08. The topological polar surface area (TPSA) is 76.7 Å². The first-order chi connectivity index (χ1) is 10.5. The molecule has 1 aliphatic heterocycles. The molecule has 0 amide bonds. The molecule has 114 valence electrons. The van der Waals surface area contributed by atoms with Gasteiger partial charge in [-0.25, -0.2) is 0 Å². The molecule has 0 fully saturated rings. The Morgan fingerprint density at radius 3 is 2.77 bits per heavy atom. The molecule has 3 rings (SSSR count). The van der Waals surface area contributed by atoms with Crippen molar-refractivity contribution in [3.8, 4) is 5.75 Å². The maximum Gasteiger partial charge on any atom is 0.310 e. The summed E-state index contributed by atoms with van der Waals surface area (Å²) >= 11 is 0. The molecule has 1 aliphatic rings. The third-order valence-corrected chi connectivity index (χ3v) is 4.08. The smallest absolute Gasteiger partial charge is 0.310 e. The first-order valence-corrected chi connectivity index (χ1v) is 7.11. The van der Waals surface area contributed by atoms with Gasteiger partial charge in [-0.05, 0) is 42.7 Å². The van der Waals surface area contributed by atoms with E-state index in [1.807, 2.05) is 6.07 Å². The van der Waals surface area contributed by atoms with Crippen molar-refractivity contribution in [2.75, 3.05) is 6.61 Å². The minimum Gasteiger partial charge on any atom is -0.492 e. The highest BCUT2D eigenvalue weighted by molar-refractivity contribution is 6.10. The van der Waals surface area contributed by atoms with Crippen molar-refractivity contribution in [3.05, 3.63) is 52.5 Å². The largest absolute Gasteiger partial charge is 0.492 e. The molecule has 1 aromatic carbocycles. The lowest BCUT2D eigenvalue weighted by atomic mass is 9.88. The zero-order chi connectivity index (χ0) is 15.9. The Kier molecular flexibility index (Phi) is 3.48. The Hall–Kier alpha value is -2.56. The Morgan fingerprint density at radius 2 is 2.14 bits per heavy atom. The highest BCUT2D eigenvalue weighted by atomic mass is 16.5. The van der Waals surface area contributed by atoms with Crippen LogP contribution in [-0.2, 0) is 11.2 Å². The lowest BCUT2D eigenvalue weighted by Crippen LogP contribution is -2.13. The molecule has 1 unspecified atom stereocenters. The second-order valence-corrected chi connectivity index (χ2v) is 5.42. The molecule has 0 saturated heterocycles. The van der Waals surface area contributed by atoms with Gasteiger partial charge in [-0.1, -0.05) is 6.07 Å². The fourth-order valence-electron chi connectivity index (χ4n) is 2.84. The van der Waals surface area contributed by atoms with E-state index in [-0.39, 0.29) is 11.5 Å². The number of carboxylic acid groups (broad SMARTS) is 1. The number of ketones is 1.